The summed E-state index contributed by atoms with van der Waals surface area (Å²) >= 11 is 1.43. The number of allylic oxidation sites excluding steroid dienone is 1. The van der Waals surface area contributed by atoms with Gasteiger partial charge in [-0.15, -0.1) is 11.3 Å². The van der Waals surface area contributed by atoms with Crippen LogP contribution in [0.25, 0.3) is 10.7 Å². The highest BCUT2D eigenvalue weighted by molar-refractivity contribution is 7.13. The number of aromatic nitrogens is 3. The number of H-pyrrole nitrogens is 1. The van der Waals surface area contributed by atoms with Gasteiger partial charge in [0.25, 0.3) is 0 Å². The minimum atomic E-state index is -0.539. The number of benzene rings is 1. The van der Waals surface area contributed by atoms with Crippen molar-refractivity contribution >= 4 is 40.5 Å². The molecule has 2 amide bonds. The van der Waals surface area contributed by atoms with Crippen LogP contribution in [-0.4, -0.2) is 56.7 Å². The van der Waals surface area contributed by atoms with Gasteiger partial charge in [0.05, 0.1) is 17.5 Å². The lowest BCUT2D eigenvalue weighted by Crippen LogP contribution is -2.57. The molecule has 2 aromatic heterocycles. The molecule has 0 saturated carbocycles. The first-order chi connectivity index (χ1) is 16.4. The summed E-state index contributed by atoms with van der Waals surface area (Å²) < 4.78 is 0. The molecule has 3 aromatic rings. The molecule has 1 saturated heterocycles. The predicted molar refractivity (Wildman–Crippen MR) is 132 cm³/mol. The molecule has 1 atom stereocenters. The monoisotopic (exact) mass is 476 g/mol. The number of anilines is 1. The van der Waals surface area contributed by atoms with Gasteiger partial charge in [0.2, 0.25) is 11.8 Å². The Kier molecular flexibility index (Phi) is 6.37. The number of carbonyl (C=O) groups is 2. The first-order valence-corrected chi connectivity index (χ1v) is 11.5. The second-order valence-electron chi connectivity index (χ2n) is 7.56. The minimum absolute atomic E-state index is 0.0235. The van der Waals surface area contributed by atoms with Crippen LogP contribution < -0.4 is 10.6 Å². The van der Waals surface area contributed by atoms with Crippen LogP contribution in [0.4, 0.5) is 5.69 Å². The number of amides is 2. The molecule has 4 N–H and O–H groups in total. The highest BCUT2D eigenvalue weighted by atomic mass is 32.1. The molecule has 0 spiro atoms. The Bertz CT molecular complexity index is 1290. The number of aromatic amines is 1. The molecule has 174 valence electrons. The van der Waals surface area contributed by atoms with Gasteiger partial charge in [0.1, 0.15) is 16.7 Å². The number of hydrogen-bond acceptors (Lipinski definition) is 6. The molecule has 1 aliphatic rings. The highest BCUT2D eigenvalue weighted by Gasteiger charge is 2.39. The fraction of sp³-hybridized carbons (Fsp3) is 0.217. The van der Waals surface area contributed by atoms with Crippen LogP contribution >= 0.6 is 11.3 Å². The number of nitrogens with zero attached hydrogens (tertiary/aromatic N) is 5. The van der Waals surface area contributed by atoms with Gasteiger partial charge in [-0.2, -0.15) is 5.10 Å². The third kappa shape index (κ3) is 4.01. The van der Waals surface area contributed by atoms with Crippen molar-refractivity contribution in [3.05, 3.63) is 64.9 Å². The molecule has 1 fully saturated rings. The van der Waals surface area contributed by atoms with Gasteiger partial charge in [-0.25, -0.2) is 9.98 Å². The van der Waals surface area contributed by atoms with E-state index in [1.54, 1.807) is 59.6 Å². The SMILES string of the molecule is C/C=C1\C(=N/C(=N)c2cn[nH]c2-c2nccs2)N(c2ccc(C(N)=O)cc2)C(CC)C(=O)N1C. The van der Waals surface area contributed by atoms with E-state index in [0.29, 0.717) is 45.5 Å². The van der Waals surface area contributed by atoms with Crippen LogP contribution in [0.5, 0.6) is 0 Å². The van der Waals surface area contributed by atoms with E-state index >= 15 is 0 Å². The molecular weight excluding hydrogens is 452 g/mol. The van der Waals surface area contributed by atoms with Crippen molar-refractivity contribution in [3.8, 4) is 10.7 Å². The third-order valence-corrected chi connectivity index (χ3v) is 6.39. The number of nitrogens with two attached hydrogens (primary N) is 1. The summed E-state index contributed by atoms with van der Waals surface area (Å²) in [5, 5.41) is 18.3. The Hall–Kier alpha value is -4.12. The van der Waals surface area contributed by atoms with Crippen molar-refractivity contribution in [1.82, 2.24) is 20.1 Å². The van der Waals surface area contributed by atoms with E-state index in [-0.39, 0.29) is 11.7 Å². The van der Waals surface area contributed by atoms with Crippen LogP contribution in [0, 0.1) is 5.41 Å². The van der Waals surface area contributed by atoms with E-state index in [0.717, 1.165) is 0 Å². The molecular formula is C23H24N8O2S. The average molecular weight is 477 g/mol. The lowest BCUT2D eigenvalue weighted by molar-refractivity contribution is -0.129. The van der Waals surface area contributed by atoms with Gasteiger partial charge >= 0.3 is 0 Å². The number of likely N-dealkylation sites (N-methyl/N-ethyl adjacent to an activating group) is 1. The maximum Gasteiger partial charge on any atom is 0.249 e. The van der Waals surface area contributed by atoms with E-state index < -0.39 is 11.9 Å². The van der Waals surface area contributed by atoms with Gasteiger partial charge < -0.3 is 15.5 Å². The maximum atomic E-state index is 13.2. The second kappa shape index (κ2) is 9.40. The van der Waals surface area contributed by atoms with Crippen LogP contribution in [0.2, 0.25) is 0 Å². The van der Waals surface area contributed by atoms with Crippen LogP contribution in [0.1, 0.15) is 36.2 Å². The zero-order valence-corrected chi connectivity index (χ0v) is 19.8. The first-order valence-electron chi connectivity index (χ1n) is 10.6. The van der Waals surface area contributed by atoms with E-state index in [9.17, 15) is 9.59 Å². The first kappa shape index (κ1) is 23.1. The smallest absolute Gasteiger partial charge is 0.249 e. The fourth-order valence-corrected chi connectivity index (χ4v) is 4.54. The number of aliphatic imine (C=N–C) groups is 1. The Morgan fingerprint density at radius 1 is 1.35 bits per heavy atom. The number of amidine groups is 2. The van der Waals surface area contributed by atoms with Gasteiger partial charge in [0.15, 0.2) is 11.7 Å². The zero-order valence-electron chi connectivity index (χ0n) is 18.9. The third-order valence-electron chi connectivity index (χ3n) is 5.59. The second-order valence-corrected chi connectivity index (χ2v) is 8.45. The van der Waals surface area contributed by atoms with E-state index in [1.165, 1.54) is 11.3 Å². The van der Waals surface area contributed by atoms with Crippen molar-refractivity contribution in [2.45, 2.75) is 26.3 Å². The number of carbonyl (C=O) groups excluding carboxylic acids is 2. The minimum Gasteiger partial charge on any atom is -0.366 e. The molecule has 11 heteroatoms. The molecule has 1 aliphatic heterocycles. The molecule has 3 heterocycles. The molecule has 0 radical (unpaired) electrons. The van der Waals surface area contributed by atoms with E-state index in [2.05, 4.69) is 20.2 Å². The van der Waals surface area contributed by atoms with Gasteiger partial charge in [-0.3, -0.25) is 20.1 Å². The Labute approximate surface area is 200 Å². The van der Waals surface area contributed by atoms with E-state index in [1.807, 2.05) is 19.2 Å². The van der Waals surface area contributed by atoms with Crippen molar-refractivity contribution in [3.63, 3.8) is 0 Å². The summed E-state index contributed by atoms with van der Waals surface area (Å²) in [6.45, 7) is 3.74. The number of thiazole rings is 1. The molecule has 34 heavy (non-hydrogen) atoms. The fourth-order valence-electron chi connectivity index (χ4n) is 3.90. The summed E-state index contributed by atoms with van der Waals surface area (Å²) in [5.41, 5.74) is 8.09. The summed E-state index contributed by atoms with van der Waals surface area (Å²) in [7, 11) is 1.70. The summed E-state index contributed by atoms with van der Waals surface area (Å²) in [4.78, 5) is 37.1. The number of nitrogens with one attached hydrogen (secondary N) is 2. The van der Waals surface area contributed by atoms with Crippen LogP contribution in [-0.2, 0) is 4.79 Å². The van der Waals surface area contributed by atoms with Crippen molar-refractivity contribution in [2.24, 2.45) is 10.7 Å². The van der Waals surface area contributed by atoms with Crippen molar-refractivity contribution < 1.29 is 9.59 Å². The Morgan fingerprint density at radius 3 is 2.68 bits per heavy atom. The molecule has 1 aromatic carbocycles. The maximum absolute atomic E-state index is 13.2. The predicted octanol–water partition coefficient (Wildman–Crippen LogP) is 3.02. The lowest BCUT2D eigenvalue weighted by atomic mass is 10.0. The summed E-state index contributed by atoms with van der Waals surface area (Å²) in [6, 6.07) is 6.14. The highest BCUT2D eigenvalue weighted by Crippen LogP contribution is 2.30. The normalized spacial score (nSPS) is 18.7. The molecule has 1 unspecified atom stereocenters. The molecule has 4 rings (SSSR count). The molecule has 0 aliphatic carbocycles. The largest absolute Gasteiger partial charge is 0.366 e. The quantitative estimate of drug-likeness (QED) is 0.383. The van der Waals surface area contributed by atoms with Gasteiger partial charge in [0, 0.05) is 29.9 Å². The van der Waals surface area contributed by atoms with E-state index in [4.69, 9.17) is 11.1 Å². The summed E-state index contributed by atoms with van der Waals surface area (Å²) in [6.07, 6.45) is 5.53. The van der Waals surface area contributed by atoms with Crippen LogP contribution in [0.3, 0.4) is 0 Å². The zero-order chi connectivity index (χ0) is 24.4. The number of rotatable bonds is 5. The number of hydrogen-bond donors (Lipinski definition) is 3. The van der Waals surface area contributed by atoms with Crippen molar-refractivity contribution in [1.29, 1.82) is 5.41 Å². The van der Waals surface area contributed by atoms with Crippen molar-refractivity contribution in [2.75, 3.05) is 11.9 Å². The molecule has 0 bridgehead atoms. The van der Waals surface area contributed by atoms with Crippen LogP contribution in [0.15, 0.2) is 58.8 Å². The Balaban J connectivity index is 1.84. The average Bonchev–Trinajstić information content (AvgIpc) is 3.53. The topological polar surface area (TPSA) is 144 Å². The number of primary amides is 1. The lowest BCUT2D eigenvalue weighted by Gasteiger charge is -2.42. The van der Waals surface area contributed by atoms with Gasteiger partial charge in [-0.1, -0.05) is 13.0 Å². The summed E-state index contributed by atoms with van der Waals surface area (Å²) in [5.74, 6) is -0.205. The Morgan fingerprint density at radius 2 is 2.09 bits per heavy atom. The standard InChI is InChI=1S/C23H24N8O2S/c1-4-16-21(28-19(24)15-12-27-29-18(15)22-26-10-11-34-22)31(17(5-2)23(33)30(16)3)14-8-6-13(7-9-14)20(25)32/h4,6-12,17,24H,5H2,1-3H3,(H2,25,32)(H,27,29)/b16-4+,24-19?,28-21+. The molecule has 10 nitrogen and oxygen atoms in total. The number of piperazine rings is 1. The van der Waals surface area contributed by atoms with Gasteiger partial charge in [-0.05, 0) is 37.6 Å².